The van der Waals surface area contributed by atoms with Crippen molar-refractivity contribution in [3.63, 3.8) is 0 Å². The minimum absolute atomic E-state index is 0.0797. The van der Waals surface area contributed by atoms with E-state index in [1.54, 1.807) is 7.11 Å². The van der Waals surface area contributed by atoms with Gasteiger partial charge in [0.1, 0.15) is 11.5 Å². The van der Waals surface area contributed by atoms with Crippen molar-refractivity contribution in [1.82, 2.24) is 0 Å². The van der Waals surface area contributed by atoms with Crippen molar-refractivity contribution in [3.05, 3.63) is 42.0 Å². The molecule has 0 heterocycles. The number of ether oxygens (including phenoxy) is 2. The minimum Gasteiger partial charge on any atom is -0.495 e. The first-order valence-corrected chi connectivity index (χ1v) is 6.98. The molecule has 0 aliphatic carbocycles. The Morgan fingerprint density at radius 3 is 2.48 bits per heavy atom. The van der Waals surface area contributed by atoms with E-state index in [9.17, 15) is 0 Å². The van der Waals surface area contributed by atoms with Gasteiger partial charge in [0.2, 0.25) is 0 Å². The largest absolute Gasteiger partial charge is 0.495 e. The number of rotatable bonds is 5. The topological polar surface area (TPSA) is 56.5 Å². The molecule has 0 amide bonds. The van der Waals surface area contributed by atoms with Gasteiger partial charge in [0.05, 0.1) is 30.3 Å². The molecule has 21 heavy (non-hydrogen) atoms. The molecule has 0 spiro atoms. The van der Waals surface area contributed by atoms with Crippen LogP contribution in [0.2, 0.25) is 0 Å². The number of aryl methyl sites for hydroxylation is 1. The maximum absolute atomic E-state index is 6.18. The second-order valence-corrected chi connectivity index (χ2v) is 5.21. The zero-order chi connectivity index (χ0) is 15.4. The number of methoxy groups -OCH3 is 1. The lowest BCUT2D eigenvalue weighted by Crippen LogP contribution is -2.08. The van der Waals surface area contributed by atoms with Crippen LogP contribution in [0.5, 0.6) is 11.5 Å². The van der Waals surface area contributed by atoms with Crippen LogP contribution in [0.3, 0.4) is 0 Å². The van der Waals surface area contributed by atoms with Gasteiger partial charge in [-0.3, -0.25) is 0 Å². The van der Waals surface area contributed by atoms with E-state index in [2.05, 4.69) is 5.32 Å². The van der Waals surface area contributed by atoms with Gasteiger partial charge in [-0.2, -0.15) is 0 Å². The fraction of sp³-hybridized carbons (Fsp3) is 0.294. The summed E-state index contributed by atoms with van der Waals surface area (Å²) in [5, 5.41) is 3.32. The summed E-state index contributed by atoms with van der Waals surface area (Å²) >= 11 is 0. The first kappa shape index (κ1) is 15.0. The average Bonchev–Trinajstić information content (AvgIpc) is 2.43. The molecule has 2 aromatic carbocycles. The molecular formula is C17H22N2O2. The Morgan fingerprint density at radius 2 is 1.81 bits per heavy atom. The standard InChI is InChI=1S/C17H22N2O2/c1-11(2)21-16-7-5-6-13(17(16)18)19-14-10-12(3)8-9-15(14)20-4/h5-11,19H,18H2,1-4H3. The molecule has 0 saturated heterocycles. The highest BCUT2D eigenvalue weighted by Gasteiger charge is 2.10. The van der Waals surface area contributed by atoms with E-state index in [4.69, 9.17) is 15.2 Å². The van der Waals surface area contributed by atoms with Gasteiger partial charge in [0.25, 0.3) is 0 Å². The quantitative estimate of drug-likeness (QED) is 0.812. The Hall–Kier alpha value is -2.36. The number of hydrogen-bond donors (Lipinski definition) is 2. The van der Waals surface area contributed by atoms with Gasteiger partial charge in [-0.05, 0) is 50.6 Å². The lowest BCUT2D eigenvalue weighted by atomic mass is 10.2. The summed E-state index contributed by atoms with van der Waals surface area (Å²) in [5.41, 5.74) is 9.60. The number of nitrogens with one attached hydrogen (secondary N) is 1. The Morgan fingerprint density at radius 1 is 1.05 bits per heavy atom. The Labute approximate surface area is 125 Å². The normalized spacial score (nSPS) is 10.5. The predicted octanol–water partition coefficient (Wildman–Crippen LogP) is 4.12. The molecular weight excluding hydrogens is 264 g/mol. The van der Waals surface area contributed by atoms with Crippen LogP contribution in [0.4, 0.5) is 17.1 Å². The van der Waals surface area contributed by atoms with Gasteiger partial charge in [0, 0.05) is 0 Å². The summed E-state index contributed by atoms with van der Waals surface area (Å²) in [6.45, 7) is 5.98. The van der Waals surface area contributed by atoms with Crippen LogP contribution in [-0.4, -0.2) is 13.2 Å². The molecule has 112 valence electrons. The summed E-state index contributed by atoms with van der Waals surface area (Å²) in [4.78, 5) is 0. The van der Waals surface area contributed by atoms with Crippen molar-refractivity contribution in [2.24, 2.45) is 0 Å². The van der Waals surface area contributed by atoms with Gasteiger partial charge in [-0.25, -0.2) is 0 Å². The van der Waals surface area contributed by atoms with Crippen LogP contribution in [0.1, 0.15) is 19.4 Å². The summed E-state index contributed by atoms with van der Waals surface area (Å²) in [7, 11) is 1.65. The van der Waals surface area contributed by atoms with Gasteiger partial charge in [-0.15, -0.1) is 0 Å². The van der Waals surface area contributed by atoms with E-state index in [0.29, 0.717) is 11.4 Å². The lowest BCUT2D eigenvalue weighted by Gasteiger charge is -2.17. The van der Waals surface area contributed by atoms with Crippen molar-refractivity contribution >= 4 is 17.1 Å². The van der Waals surface area contributed by atoms with Crippen LogP contribution in [-0.2, 0) is 0 Å². The maximum Gasteiger partial charge on any atom is 0.144 e. The van der Waals surface area contributed by atoms with Crippen LogP contribution in [0.25, 0.3) is 0 Å². The number of nitrogens with two attached hydrogens (primary N) is 1. The summed E-state index contributed by atoms with van der Waals surface area (Å²) in [6, 6.07) is 11.7. The number of nitrogen functional groups attached to an aromatic ring is 1. The fourth-order valence-corrected chi connectivity index (χ4v) is 2.07. The van der Waals surface area contributed by atoms with Crippen LogP contribution < -0.4 is 20.5 Å². The Kier molecular flexibility index (Phi) is 4.58. The lowest BCUT2D eigenvalue weighted by molar-refractivity contribution is 0.244. The summed E-state index contributed by atoms with van der Waals surface area (Å²) in [6.07, 6.45) is 0.0797. The summed E-state index contributed by atoms with van der Waals surface area (Å²) < 4.78 is 11.1. The highest BCUT2D eigenvalue weighted by atomic mass is 16.5. The van der Waals surface area contributed by atoms with Crippen molar-refractivity contribution < 1.29 is 9.47 Å². The molecule has 3 N–H and O–H groups in total. The molecule has 0 unspecified atom stereocenters. The molecule has 2 aromatic rings. The second-order valence-electron chi connectivity index (χ2n) is 5.21. The SMILES string of the molecule is COc1ccc(C)cc1Nc1cccc(OC(C)C)c1N. The van der Waals surface area contributed by atoms with Gasteiger partial charge < -0.3 is 20.5 Å². The van der Waals surface area contributed by atoms with E-state index in [0.717, 1.165) is 22.7 Å². The number of para-hydroxylation sites is 1. The van der Waals surface area contributed by atoms with Gasteiger partial charge >= 0.3 is 0 Å². The fourth-order valence-electron chi connectivity index (χ4n) is 2.07. The van der Waals surface area contributed by atoms with E-state index in [1.807, 2.05) is 57.2 Å². The second kappa shape index (κ2) is 6.39. The van der Waals surface area contributed by atoms with Gasteiger partial charge in [-0.1, -0.05) is 12.1 Å². The first-order valence-electron chi connectivity index (χ1n) is 6.98. The predicted molar refractivity (Wildman–Crippen MR) is 87.6 cm³/mol. The Bertz CT molecular complexity index is 624. The number of anilines is 3. The van der Waals surface area contributed by atoms with Crippen LogP contribution in [0, 0.1) is 6.92 Å². The van der Waals surface area contributed by atoms with E-state index < -0.39 is 0 Å². The van der Waals surface area contributed by atoms with Crippen molar-refractivity contribution in [3.8, 4) is 11.5 Å². The maximum atomic E-state index is 6.18. The van der Waals surface area contributed by atoms with Crippen molar-refractivity contribution in [1.29, 1.82) is 0 Å². The first-order chi connectivity index (χ1) is 10.0. The highest BCUT2D eigenvalue weighted by Crippen LogP contribution is 2.35. The van der Waals surface area contributed by atoms with E-state index >= 15 is 0 Å². The zero-order valence-corrected chi connectivity index (χ0v) is 12.9. The molecule has 2 rings (SSSR count). The third-order valence-corrected chi connectivity index (χ3v) is 3.05. The third-order valence-electron chi connectivity index (χ3n) is 3.05. The number of benzene rings is 2. The minimum atomic E-state index is 0.0797. The smallest absolute Gasteiger partial charge is 0.144 e. The van der Waals surface area contributed by atoms with E-state index in [1.165, 1.54) is 0 Å². The molecule has 0 aliphatic rings. The summed E-state index contributed by atoms with van der Waals surface area (Å²) in [5.74, 6) is 1.46. The zero-order valence-electron chi connectivity index (χ0n) is 12.9. The van der Waals surface area contributed by atoms with Gasteiger partial charge in [0.15, 0.2) is 0 Å². The highest BCUT2D eigenvalue weighted by molar-refractivity contribution is 5.79. The molecule has 0 saturated carbocycles. The molecule has 4 heteroatoms. The molecule has 0 fully saturated rings. The third kappa shape index (κ3) is 3.60. The van der Waals surface area contributed by atoms with Crippen LogP contribution >= 0.6 is 0 Å². The molecule has 0 atom stereocenters. The molecule has 0 bridgehead atoms. The van der Waals surface area contributed by atoms with E-state index in [-0.39, 0.29) is 6.10 Å². The molecule has 0 aromatic heterocycles. The average molecular weight is 286 g/mol. The number of hydrogen-bond acceptors (Lipinski definition) is 4. The van der Waals surface area contributed by atoms with Crippen molar-refractivity contribution in [2.45, 2.75) is 26.9 Å². The van der Waals surface area contributed by atoms with Crippen molar-refractivity contribution in [2.75, 3.05) is 18.2 Å². The monoisotopic (exact) mass is 286 g/mol. The molecule has 0 radical (unpaired) electrons. The Balaban J connectivity index is 2.34. The van der Waals surface area contributed by atoms with Crippen LogP contribution in [0.15, 0.2) is 36.4 Å². The molecule has 4 nitrogen and oxygen atoms in total. The molecule has 0 aliphatic heterocycles.